The van der Waals surface area contributed by atoms with Crippen molar-refractivity contribution < 1.29 is 17.2 Å². The fourth-order valence-electron chi connectivity index (χ4n) is 3.41. The second-order valence-electron chi connectivity index (χ2n) is 5.77. The monoisotopic (exact) mass is 317 g/mol. The van der Waals surface area contributed by atoms with Crippen molar-refractivity contribution in [2.45, 2.75) is 38.0 Å². The van der Waals surface area contributed by atoms with Crippen molar-refractivity contribution in [3.63, 3.8) is 0 Å². The molecule has 0 aromatic carbocycles. The van der Waals surface area contributed by atoms with Crippen molar-refractivity contribution in [2.24, 2.45) is 11.8 Å². The minimum atomic E-state index is -3.26. The molecular weight excluding hydrogens is 298 g/mol. The average molecular weight is 317 g/mol. The van der Waals surface area contributed by atoms with Gasteiger partial charge in [-0.3, -0.25) is 0 Å². The summed E-state index contributed by atoms with van der Waals surface area (Å²) in [7, 11) is -3.26. The van der Waals surface area contributed by atoms with Crippen LogP contribution in [0.1, 0.15) is 26.7 Å². The third-order valence-corrected chi connectivity index (χ3v) is 7.73. The standard InChI is InChI=1S/C13H19NO4S2/c1-3-14-11-4-7(2)20(17,18)13-9-5-8(9)12(19(15)16)6-10(11)13/h6-9,11,14H,3-5H2,1-2H3,(H,15,16). The predicted molar refractivity (Wildman–Crippen MR) is 77.9 cm³/mol. The Kier molecular flexibility index (Phi) is 3.44. The minimum Gasteiger partial charge on any atom is -0.310 e. The third-order valence-electron chi connectivity index (χ3n) is 4.51. The van der Waals surface area contributed by atoms with Gasteiger partial charge in [-0.25, -0.2) is 12.6 Å². The highest BCUT2D eigenvalue weighted by molar-refractivity contribution is 7.96. The molecule has 2 aliphatic carbocycles. The van der Waals surface area contributed by atoms with Gasteiger partial charge in [0.1, 0.15) is 0 Å². The number of rotatable bonds is 3. The Hall–Kier alpha value is -0.500. The Balaban J connectivity index is 2.15. The summed E-state index contributed by atoms with van der Waals surface area (Å²) in [6.45, 7) is 4.48. The second kappa shape index (κ2) is 4.76. The van der Waals surface area contributed by atoms with E-state index in [9.17, 15) is 17.2 Å². The van der Waals surface area contributed by atoms with Crippen molar-refractivity contribution in [2.75, 3.05) is 6.54 Å². The summed E-state index contributed by atoms with van der Waals surface area (Å²) in [5.41, 5.74) is 0.723. The maximum atomic E-state index is 12.6. The van der Waals surface area contributed by atoms with Gasteiger partial charge in [0.25, 0.3) is 0 Å². The minimum absolute atomic E-state index is 0.0337. The Bertz CT molecular complexity index is 635. The van der Waals surface area contributed by atoms with E-state index in [1.54, 1.807) is 13.0 Å². The van der Waals surface area contributed by atoms with E-state index in [-0.39, 0.29) is 23.1 Å². The normalized spacial score (nSPS) is 39.6. The van der Waals surface area contributed by atoms with Crippen LogP contribution in [0.3, 0.4) is 0 Å². The first kappa shape index (κ1) is 14.4. The van der Waals surface area contributed by atoms with Gasteiger partial charge in [-0.1, -0.05) is 6.92 Å². The van der Waals surface area contributed by atoms with Crippen molar-refractivity contribution in [3.8, 4) is 0 Å². The quantitative estimate of drug-likeness (QED) is 0.764. The smallest absolute Gasteiger partial charge is 0.182 e. The molecule has 112 valence electrons. The fourth-order valence-corrected chi connectivity index (χ4v) is 6.25. The Morgan fingerprint density at radius 3 is 2.70 bits per heavy atom. The van der Waals surface area contributed by atoms with Crippen LogP contribution in [-0.2, 0) is 20.9 Å². The molecule has 1 fully saturated rings. The van der Waals surface area contributed by atoms with Crippen LogP contribution in [0.15, 0.2) is 21.5 Å². The Morgan fingerprint density at radius 2 is 2.10 bits per heavy atom. The molecular formula is C13H19NO4S2. The highest BCUT2D eigenvalue weighted by Gasteiger charge is 2.54. The van der Waals surface area contributed by atoms with Crippen LogP contribution < -0.4 is 5.32 Å². The van der Waals surface area contributed by atoms with Gasteiger partial charge >= 0.3 is 0 Å². The lowest BCUT2D eigenvalue weighted by molar-refractivity contribution is 0.510. The van der Waals surface area contributed by atoms with E-state index in [0.29, 0.717) is 22.7 Å². The van der Waals surface area contributed by atoms with Crippen LogP contribution in [0.5, 0.6) is 0 Å². The highest BCUT2D eigenvalue weighted by Crippen LogP contribution is 2.57. The molecule has 0 radical (unpaired) electrons. The number of sulfone groups is 1. The number of nitrogens with one attached hydrogen (secondary N) is 1. The van der Waals surface area contributed by atoms with Gasteiger partial charge in [-0.2, -0.15) is 0 Å². The van der Waals surface area contributed by atoms with E-state index >= 15 is 0 Å². The summed E-state index contributed by atoms with van der Waals surface area (Å²) in [6.07, 6.45) is 2.87. The highest BCUT2D eigenvalue weighted by atomic mass is 32.2. The number of allylic oxidation sites excluding steroid dienone is 2. The average Bonchev–Trinajstić information content (AvgIpc) is 3.13. The lowest BCUT2D eigenvalue weighted by Gasteiger charge is -2.33. The summed E-state index contributed by atoms with van der Waals surface area (Å²) in [5, 5.41) is 2.92. The Morgan fingerprint density at radius 1 is 1.40 bits per heavy atom. The maximum Gasteiger partial charge on any atom is 0.182 e. The lowest BCUT2D eigenvalue weighted by Crippen LogP contribution is -2.42. The molecule has 2 N–H and O–H groups in total. The van der Waals surface area contributed by atoms with Gasteiger partial charge in [0.15, 0.2) is 20.9 Å². The predicted octanol–water partition coefficient (Wildman–Crippen LogP) is 1.18. The van der Waals surface area contributed by atoms with E-state index < -0.39 is 20.9 Å². The number of hydrogen-bond acceptors (Lipinski definition) is 4. The first-order valence-corrected chi connectivity index (χ1v) is 9.57. The van der Waals surface area contributed by atoms with Gasteiger partial charge in [-0.05, 0) is 38.0 Å². The summed E-state index contributed by atoms with van der Waals surface area (Å²) in [4.78, 5) is 1.02. The molecule has 0 aromatic rings. The van der Waals surface area contributed by atoms with E-state index in [4.69, 9.17) is 0 Å². The zero-order chi connectivity index (χ0) is 14.7. The molecule has 7 heteroatoms. The first-order chi connectivity index (χ1) is 9.37. The van der Waals surface area contributed by atoms with Crippen LogP contribution >= 0.6 is 0 Å². The van der Waals surface area contributed by atoms with Crippen molar-refractivity contribution >= 4 is 20.9 Å². The molecule has 5 nitrogen and oxygen atoms in total. The first-order valence-electron chi connectivity index (χ1n) is 6.91. The number of likely N-dealkylation sites (N-methyl/N-ethyl adjacent to an activating group) is 1. The van der Waals surface area contributed by atoms with E-state index in [2.05, 4.69) is 5.32 Å². The Labute approximate surface area is 121 Å². The molecule has 3 aliphatic rings. The van der Waals surface area contributed by atoms with Gasteiger partial charge < -0.3 is 9.87 Å². The fraction of sp³-hybridized carbons (Fsp3) is 0.692. The summed E-state index contributed by atoms with van der Waals surface area (Å²) >= 11 is -2.00. The molecule has 0 saturated heterocycles. The SMILES string of the molecule is CCNC1CC(C)S(=O)(=O)C2=C1C=C(S(=O)O)C1CC21. The maximum absolute atomic E-state index is 12.6. The van der Waals surface area contributed by atoms with Gasteiger partial charge in [-0.15, -0.1) is 0 Å². The molecule has 0 bridgehead atoms. The second-order valence-corrected chi connectivity index (χ2v) is 9.07. The molecule has 5 atom stereocenters. The van der Waals surface area contributed by atoms with Crippen LogP contribution in [0, 0.1) is 11.8 Å². The molecule has 1 saturated carbocycles. The molecule has 3 rings (SSSR count). The van der Waals surface area contributed by atoms with E-state index in [1.165, 1.54) is 0 Å². The number of hydrogen-bond donors (Lipinski definition) is 2. The largest absolute Gasteiger partial charge is 0.310 e. The zero-order valence-corrected chi connectivity index (χ0v) is 13.1. The molecule has 0 aromatic heterocycles. The van der Waals surface area contributed by atoms with Crippen molar-refractivity contribution in [1.29, 1.82) is 0 Å². The van der Waals surface area contributed by atoms with Crippen molar-refractivity contribution in [1.82, 2.24) is 5.32 Å². The molecule has 1 heterocycles. The summed E-state index contributed by atoms with van der Waals surface area (Å²) in [5.74, 6) is -0.128. The van der Waals surface area contributed by atoms with E-state index in [0.717, 1.165) is 12.1 Å². The summed E-state index contributed by atoms with van der Waals surface area (Å²) < 4.78 is 45.9. The third kappa shape index (κ3) is 2.03. The van der Waals surface area contributed by atoms with Gasteiger partial charge in [0.05, 0.1) is 10.2 Å². The van der Waals surface area contributed by atoms with Crippen LogP contribution in [0.25, 0.3) is 0 Å². The zero-order valence-electron chi connectivity index (χ0n) is 11.5. The molecule has 0 amide bonds. The molecule has 0 spiro atoms. The van der Waals surface area contributed by atoms with Crippen molar-refractivity contribution in [3.05, 3.63) is 21.5 Å². The van der Waals surface area contributed by atoms with Crippen LogP contribution in [0.4, 0.5) is 0 Å². The van der Waals surface area contributed by atoms with Gasteiger partial charge in [0, 0.05) is 22.8 Å². The molecule has 5 unspecified atom stereocenters. The topological polar surface area (TPSA) is 83.5 Å². The van der Waals surface area contributed by atoms with E-state index in [1.807, 2.05) is 6.92 Å². The van der Waals surface area contributed by atoms with Gasteiger partial charge in [0.2, 0.25) is 0 Å². The summed E-state index contributed by atoms with van der Waals surface area (Å²) in [6, 6.07) is -0.0337. The number of fused-ring (bicyclic) bond motifs is 2. The van der Waals surface area contributed by atoms with Crippen LogP contribution in [0.2, 0.25) is 0 Å². The molecule has 20 heavy (non-hydrogen) atoms. The van der Waals surface area contributed by atoms with Crippen LogP contribution in [-0.4, -0.2) is 35.0 Å². The molecule has 1 aliphatic heterocycles. The lowest BCUT2D eigenvalue weighted by atomic mass is 9.95.